The molecule has 1 atom stereocenters. The first-order valence-corrected chi connectivity index (χ1v) is 13.5. The molecule has 1 N–H and O–H groups in total. The lowest BCUT2D eigenvalue weighted by Crippen LogP contribution is -2.29. The number of carbonyl (C=O) groups is 1. The number of ether oxygens (including phenoxy) is 2. The van der Waals surface area contributed by atoms with E-state index in [2.05, 4.69) is 25.0 Å². The van der Waals surface area contributed by atoms with E-state index in [9.17, 15) is 18.0 Å². The van der Waals surface area contributed by atoms with Crippen LogP contribution < -0.4 is 10.1 Å². The summed E-state index contributed by atoms with van der Waals surface area (Å²) in [6.45, 7) is 7.32. The zero-order valence-electron chi connectivity index (χ0n) is 17.5. The summed E-state index contributed by atoms with van der Waals surface area (Å²) in [6.07, 6.45) is -4.86. The molecule has 0 heterocycles. The highest BCUT2D eigenvalue weighted by atomic mass is 28.3. The second-order valence-electron chi connectivity index (χ2n) is 8.20. The molecule has 0 aromatic heterocycles. The molecule has 8 heteroatoms. The van der Waals surface area contributed by atoms with Crippen LogP contribution in [-0.4, -0.2) is 27.3 Å². The maximum atomic E-state index is 12.8. The summed E-state index contributed by atoms with van der Waals surface area (Å²) in [4.78, 5) is 11.9. The SMILES string of the molecule is C[Si](C)(C)CCOC(=O)NCCC(Oc1ccc(C(F)(F)F)cc1)c1ccccc1. The van der Waals surface area contributed by atoms with Gasteiger partial charge in [0.2, 0.25) is 0 Å². The lowest BCUT2D eigenvalue weighted by Gasteiger charge is -2.20. The second-order valence-corrected chi connectivity index (χ2v) is 13.8. The molecular weight excluding hydrogens is 411 g/mol. The third-order valence-electron chi connectivity index (χ3n) is 4.39. The molecule has 0 spiro atoms. The van der Waals surface area contributed by atoms with E-state index in [1.165, 1.54) is 12.1 Å². The number of amides is 1. The van der Waals surface area contributed by atoms with Gasteiger partial charge < -0.3 is 14.8 Å². The summed E-state index contributed by atoms with van der Waals surface area (Å²) in [5.41, 5.74) is 0.139. The summed E-state index contributed by atoms with van der Waals surface area (Å²) in [7, 11) is -1.27. The zero-order valence-corrected chi connectivity index (χ0v) is 18.5. The van der Waals surface area contributed by atoms with Crippen molar-refractivity contribution in [2.24, 2.45) is 0 Å². The van der Waals surface area contributed by atoms with Crippen molar-refractivity contribution in [1.82, 2.24) is 5.32 Å². The largest absolute Gasteiger partial charge is 0.486 e. The van der Waals surface area contributed by atoms with Gasteiger partial charge in [0.05, 0.1) is 12.2 Å². The summed E-state index contributed by atoms with van der Waals surface area (Å²) < 4.78 is 49.4. The number of halogens is 3. The van der Waals surface area contributed by atoms with Crippen molar-refractivity contribution in [1.29, 1.82) is 0 Å². The van der Waals surface area contributed by atoms with E-state index in [1.54, 1.807) is 0 Å². The predicted octanol–water partition coefficient (Wildman–Crippen LogP) is 6.28. The summed E-state index contributed by atoms with van der Waals surface area (Å²) in [6, 6.07) is 14.8. The fraction of sp³-hybridized carbons (Fsp3) is 0.409. The Labute approximate surface area is 176 Å². The standard InChI is InChI=1S/C22H28F3NO3Si/c1-30(2,3)16-15-28-21(27)26-14-13-20(17-7-5-4-6-8-17)29-19-11-9-18(10-12-19)22(23,24)25/h4-12,20H,13-16H2,1-3H3,(H,26,27). The van der Waals surface area contributed by atoms with Crippen LogP contribution in [0.4, 0.5) is 18.0 Å². The number of benzene rings is 2. The van der Waals surface area contributed by atoms with Gasteiger partial charge in [-0.25, -0.2) is 4.79 Å². The van der Waals surface area contributed by atoms with Gasteiger partial charge in [0.1, 0.15) is 11.9 Å². The molecule has 0 bridgehead atoms. The number of alkyl carbamates (subject to hydrolysis) is 1. The molecular formula is C22H28F3NO3Si. The molecule has 0 saturated heterocycles. The molecule has 1 unspecified atom stereocenters. The van der Waals surface area contributed by atoms with Gasteiger partial charge >= 0.3 is 12.3 Å². The van der Waals surface area contributed by atoms with Gasteiger partial charge in [-0.2, -0.15) is 13.2 Å². The van der Waals surface area contributed by atoms with Crippen LogP contribution in [0, 0.1) is 0 Å². The van der Waals surface area contributed by atoms with Crippen LogP contribution in [0.2, 0.25) is 25.7 Å². The van der Waals surface area contributed by atoms with Gasteiger partial charge in [-0.15, -0.1) is 0 Å². The highest BCUT2D eigenvalue weighted by molar-refractivity contribution is 6.76. The van der Waals surface area contributed by atoms with Crippen LogP contribution in [-0.2, 0) is 10.9 Å². The molecule has 2 rings (SSSR count). The summed E-state index contributed by atoms with van der Waals surface area (Å²) >= 11 is 0. The minimum atomic E-state index is -4.39. The van der Waals surface area contributed by atoms with Gasteiger partial charge in [0.25, 0.3) is 0 Å². The molecule has 0 saturated carbocycles. The molecule has 164 valence electrons. The highest BCUT2D eigenvalue weighted by Crippen LogP contribution is 2.31. The van der Waals surface area contributed by atoms with Gasteiger partial charge in [0.15, 0.2) is 0 Å². The molecule has 0 aliphatic heterocycles. The van der Waals surface area contributed by atoms with Crippen LogP contribution in [0.25, 0.3) is 0 Å². The number of alkyl halides is 3. The lowest BCUT2D eigenvalue weighted by molar-refractivity contribution is -0.137. The van der Waals surface area contributed by atoms with Gasteiger partial charge in [-0.05, 0) is 35.9 Å². The first kappa shape index (κ1) is 23.8. The first-order chi connectivity index (χ1) is 14.0. The van der Waals surface area contributed by atoms with Crippen LogP contribution in [0.1, 0.15) is 23.7 Å². The van der Waals surface area contributed by atoms with Crippen LogP contribution in [0.5, 0.6) is 5.75 Å². The van der Waals surface area contributed by atoms with Crippen molar-refractivity contribution in [3.8, 4) is 5.75 Å². The molecule has 2 aromatic rings. The molecule has 30 heavy (non-hydrogen) atoms. The quantitative estimate of drug-likeness (QED) is 0.468. The van der Waals surface area contributed by atoms with Crippen molar-refractivity contribution in [3.63, 3.8) is 0 Å². The molecule has 2 aromatic carbocycles. The number of hydrogen-bond donors (Lipinski definition) is 1. The Morgan fingerprint density at radius 2 is 1.67 bits per heavy atom. The Bertz CT molecular complexity index is 790. The van der Waals surface area contributed by atoms with Crippen LogP contribution >= 0.6 is 0 Å². The molecule has 0 aliphatic rings. The molecule has 0 radical (unpaired) electrons. The number of carbonyl (C=O) groups excluding carboxylic acids is 1. The molecule has 0 fully saturated rings. The van der Waals surface area contributed by atoms with E-state index >= 15 is 0 Å². The number of rotatable bonds is 9. The van der Waals surface area contributed by atoms with Crippen molar-refractivity contribution >= 4 is 14.2 Å². The van der Waals surface area contributed by atoms with E-state index in [1.807, 2.05) is 30.3 Å². The predicted molar refractivity (Wildman–Crippen MR) is 113 cm³/mol. The van der Waals surface area contributed by atoms with Crippen molar-refractivity contribution < 1.29 is 27.4 Å². The van der Waals surface area contributed by atoms with Crippen molar-refractivity contribution in [3.05, 3.63) is 65.7 Å². The Kier molecular flexibility index (Phi) is 8.34. The van der Waals surface area contributed by atoms with Crippen LogP contribution in [0.3, 0.4) is 0 Å². The van der Waals surface area contributed by atoms with E-state index in [4.69, 9.17) is 9.47 Å². The van der Waals surface area contributed by atoms with Crippen molar-refractivity contribution in [2.45, 2.75) is 44.4 Å². The molecule has 0 aliphatic carbocycles. The fourth-order valence-corrected chi connectivity index (χ4v) is 3.37. The summed E-state index contributed by atoms with van der Waals surface area (Å²) in [5, 5.41) is 2.71. The average Bonchev–Trinajstić information content (AvgIpc) is 2.66. The average molecular weight is 440 g/mol. The van der Waals surface area contributed by atoms with Gasteiger partial charge in [-0.3, -0.25) is 0 Å². The minimum absolute atomic E-state index is 0.311. The van der Waals surface area contributed by atoms with E-state index in [0.717, 1.165) is 23.7 Å². The highest BCUT2D eigenvalue weighted by Gasteiger charge is 2.30. The third kappa shape index (κ3) is 8.48. The Hall–Kier alpha value is -2.48. The van der Waals surface area contributed by atoms with Crippen LogP contribution in [0.15, 0.2) is 54.6 Å². The topological polar surface area (TPSA) is 47.6 Å². The smallest absolute Gasteiger partial charge is 0.416 e. The Balaban J connectivity index is 1.94. The zero-order chi connectivity index (χ0) is 22.2. The number of nitrogens with one attached hydrogen (secondary N) is 1. The van der Waals surface area contributed by atoms with Gasteiger partial charge in [-0.1, -0.05) is 50.0 Å². The maximum Gasteiger partial charge on any atom is 0.416 e. The van der Waals surface area contributed by atoms with E-state index in [-0.39, 0.29) is 0 Å². The second kappa shape index (κ2) is 10.5. The third-order valence-corrected chi connectivity index (χ3v) is 6.10. The van der Waals surface area contributed by atoms with Gasteiger partial charge in [0, 0.05) is 21.0 Å². The summed E-state index contributed by atoms with van der Waals surface area (Å²) in [5.74, 6) is 0.328. The van der Waals surface area contributed by atoms with E-state index < -0.39 is 32.0 Å². The molecule has 4 nitrogen and oxygen atoms in total. The Morgan fingerprint density at radius 1 is 1.03 bits per heavy atom. The molecule has 1 amide bonds. The minimum Gasteiger partial charge on any atom is -0.486 e. The van der Waals surface area contributed by atoms with E-state index in [0.29, 0.717) is 25.3 Å². The maximum absolute atomic E-state index is 12.8. The number of hydrogen-bond acceptors (Lipinski definition) is 3. The lowest BCUT2D eigenvalue weighted by atomic mass is 10.1. The normalized spacial score (nSPS) is 12.9. The fourth-order valence-electron chi connectivity index (χ4n) is 2.65. The monoisotopic (exact) mass is 439 g/mol. The first-order valence-electron chi connectivity index (χ1n) is 9.84. The Morgan fingerprint density at radius 3 is 2.23 bits per heavy atom. The van der Waals surface area contributed by atoms with Crippen molar-refractivity contribution in [2.75, 3.05) is 13.2 Å².